The van der Waals surface area contributed by atoms with Gasteiger partial charge in [0.05, 0.1) is 6.42 Å². The van der Waals surface area contributed by atoms with Gasteiger partial charge in [0.1, 0.15) is 11.8 Å². The summed E-state index contributed by atoms with van der Waals surface area (Å²) in [5, 5.41) is 17.3. The molecule has 1 saturated heterocycles. The first-order valence-corrected chi connectivity index (χ1v) is 4.89. The van der Waals surface area contributed by atoms with Crippen molar-refractivity contribution >= 4 is 11.9 Å². The third-order valence-corrected chi connectivity index (χ3v) is 2.46. The number of carbonyl (C=O) groups is 1. The SMILES string of the molecule is N#Cc1ccnc(N2CC(CC(=O)O)C2)n1. The molecule has 2 heterocycles. The lowest BCUT2D eigenvalue weighted by Gasteiger charge is -2.38. The van der Waals surface area contributed by atoms with E-state index in [0.717, 1.165) is 0 Å². The van der Waals surface area contributed by atoms with Crippen LogP contribution >= 0.6 is 0 Å². The Labute approximate surface area is 92.2 Å². The minimum Gasteiger partial charge on any atom is -0.481 e. The van der Waals surface area contributed by atoms with E-state index in [2.05, 4.69) is 9.97 Å². The lowest BCUT2D eigenvalue weighted by molar-refractivity contribution is -0.138. The lowest BCUT2D eigenvalue weighted by Crippen LogP contribution is -2.48. The van der Waals surface area contributed by atoms with E-state index in [1.807, 2.05) is 11.0 Å². The molecule has 6 heteroatoms. The zero-order chi connectivity index (χ0) is 11.5. The van der Waals surface area contributed by atoms with Crippen molar-refractivity contribution in [2.45, 2.75) is 6.42 Å². The van der Waals surface area contributed by atoms with Crippen LogP contribution in [0.2, 0.25) is 0 Å². The maximum atomic E-state index is 10.5. The molecule has 6 nitrogen and oxygen atoms in total. The molecule has 0 amide bonds. The molecule has 82 valence electrons. The van der Waals surface area contributed by atoms with Crippen LogP contribution in [-0.2, 0) is 4.79 Å². The summed E-state index contributed by atoms with van der Waals surface area (Å²) >= 11 is 0. The first kappa shape index (κ1) is 10.4. The highest BCUT2D eigenvalue weighted by Crippen LogP contribution is 2.23. The number of carboxylic acid groups (broad SMARTS) is 1. The van der Waals surface area contributed by atoms with Crippen molar-refractivity contribution in [3.8, 4) is 6.07 Å². The van der Waals surface area contributed by atoms with Crippen molar-refractivity contribution in [1.82, 2.24) is 9.97 Å². The van der Waals surface area contributed by atoms with Gasteiger partial charge in [-0.1, -0.05) is 0 Å². The third-order valence-electron chi connectivity index (χ3n) is 2.46. The number of carboxylic acids is 1. The number of nitriles is 1. The summed E-state index contributed by atoms with van der Waals surface area (Å²) in [6.45, 7) is 1.28. The molecule has 1 aliphatic heterocycles. The molecule has 0 bridgehead atoms. The van der Waals surface area contributed by atoms with Gasteiger partial charge in [0.15, 0.2) is 0 Å². The summed E-state index contributed by atoms with van der Waals surface area (Å²) in [5.74, 6) is -0.121. The van der Waals surface area contributed by atoms with Gasteiger partial charge < -0.3 is 10.0 Å². The fourth-order valence-corrected chi connectivity index (χ4v) is 1.67. The molecule has 0 spiro atoms. The molecule has 0 atom stereocenters. The van der Waals surface area contributed by atoms with Gasteiger partial charge in [-0.3, -0.25) is 4.79 Å². The van der Waals surface area contributed by atoms with Gasteiger partial charge in [0, 0.05) is 25.2 Å². The Kier molecular flexibility index (Phi) is 2.68. The van der Waals surface area contributed by atoms with Crippen molar-refractivity contribution < 1.29 is 9.90 Å². The van der Waals surface area contributed by atoms with E-state index in [9.17, 15) is 4.79 Å². The van der Waals surface area contributed by atoms with Gasteiger partial charge >= 0.3 is 5.97 Å². The minimum absolute atomic E-state index is 0.159. The molecule has 0 unspecified atom stereocenters. The van der Waals surface area contributed by atoms with Crippen molar-refractivity contribution in [2.75, 3.05) is 18.0 Å². The van der Waals surface area contributed by atoms with Crippen molar-refractivity contribution in [1.29, 1.82) is 5.26 Å². The van der Waals surface area contributed by atoms with Gasteiger partial charge in [0.25, 0.3) is 0 Å². The van der Waals surface area contributed by atoms with E-state index < -0.39 is 5.97 Å². The quantitative estimate of drug-likeness (QED) is 0.782. The van der Waals surface area contributed by atoms with Crippen LogP contribution in [0.1, 0.15) is 12.1 Å². The molecule has 1 N–H and O–H groups in total. The van der Waals surface area contributed by atoms with Crippen LogP contribution in [0.5, 0.6) is 0 Å². The number of aliphatic carboxylic acids is 1. The Hall–Kier alpha value is -2.16. The highest BCUT2D eigenvalue weighted by atomic mass is 16.4. The largest absolute Gasteiger partial charge is 0.481 e. The Morgan fingerprint density at radius 3 is 3.06 bits per heavy atom. The lowest BCUT2D eigenvalue weighted by atomic mass is 9.97. The number of hydrogen-bond donors (Lipinski definition) is 1. The van der Waals surface area contributed by atoms with E-state index in [1.165, 1.54) is 12.3 Å². The van der Waals surface area contributed by atoms with E-state index >= 15 is 0 Å². The van der Waals surface area contributed by atoms with Gasteiger partial charge in [0.2, 0.25) is 5.95 Å². The normalized spacial score (nSPS) is 15.3. The zero-order valence-corrected chi connectivity index (χ0v) is 8.50. The second-order valence-electron chi connectivity index (χ2n) is 3.72. The first-order valence-electron chi connectivity index (χ1n) is 4.89. The van der Waals surface area contributed by atoms with Crippen LogP contribution in [0.3, 0.4) is 0 Å². The molecule has 1 aliphatic rings. The van der Waals surface area contributed by atoms with Crippen LogP contribution in [0.25, 0.3) is 0 Å². The highest BCUT2D eigenvalue weighted by Gasteiger charge is 2.30. The predicted molar refractivity (Wildman–Crippen MR) is 54.7 cm³/mol. The Morgan fingerprint density at radius 1 is 1.69 bits per heavy atom. The average molecular weight is 218 g/mol. The fourth-order valence-electron chi connectivity index (χ4n) is 1.67. The smallest absolute Gasteiger partial charge is 0.303 e. The summed E-state index contributed by atoms with van der Waals surface area (Å²) in [6.07, 6.45) is 1.71. The van der Waals surface area contributed by atoms with E-state index in [0.29, 0.717) is 24.7 Å². The van der Waals surface area contributed by atoms with Crippen LogP contribution in [0.4, 0.5) is 5.95 Å². The number of rotatable bonds is 3. The second kappa shape index (κ2) is 4.14. The average Bonchev–Trinajstić information content (AvgIpc) is 2.22. The molecular weight excluding hydrogens is 208 g/mol. The van der Waals surface area contributed by atoms with Crippen LogP contribution < -0.4 is 4.90 Å². The molecular formula is C10H10N4O2. The molecule has 1 aromatic rings. The van der Waals surface area contributed by atoms with Crippen molar-refractivity contribution in [3.05, 3.63) is 18.0 Å². The molecule has 1 fully saturated rings. The highest BCUT2D eigenvalue weighted by molar-refractivity contribution is 5.67. The molecule has 0 aromatic carbocycles. The molecule has 0 aliphatic carbocycles. The van der Waals surface area contributed by atoms with Crippen LogP contribution in [-0.4, -0.2) is 34.1 Å². The van der Waals surface area contributed by atoms with Gasteiger partial charge in [-0.15, -0.1) is 0 Å². The fraction of sp³-hybridized carbons (Fsp3) is 0.400. The summed E-state index contributed by atoms with van der Waals surface area (Å²) in [5.41, 5.74) is 0.326. The van der Waals surface area contributed by atoms with Crippen molar-refractivity contribution in [2.24, 2.45) is 5.92 Å². The van der Waals surface area contributed by atoms with Gasteiger partial charge in [-0.25, -0.2) is 9.97 Å². The van der Waals surface area contributed by atoms with E-state index in [-0.39, 0.29) is 12.3 Å². The molecule has 16 heavy (non-hydrogen) atoms. The number of hydrogen-bond acceptors (Lipinski definition) is 5. The Balaban J connectivity index is 1.96. The number of anilines is 1. The second-order valence-corrected chi connectivity index (χ2v) is 3.72. The summed E-state index contributed by atoms with van der Waals surface area (Å²) in [4.78, 5) is 20.4. The topological polar surface area (TPSA) is 90.1 Å². The van der Waals surface area contributed by atoms with Crippen molar-refractivity contribution in [3.63, 3.8) is 0 Å². The molecule has 0 saturated carbocycles. The molecule has 1 aromatic heterocycles. The molecule has 0 radical (unpaired) electrons. The van der Waals surface area contributed by atoms with Gasteiger partial charge in [-0.2, -0.15) is 5.26 Å². The monoisotopic (exact) mass is 218 g/mol. The van der Waals surface area contributed by atoms with Gasteiger partial charge in [-0.05, 0) is 6.07 Å². The standard InChI is InChI=1S/C10H10N4O2/c11-4-8-1-2-12-10(13-8)14-5-7(6-14)3-9(15)16/h1-2,7H,3,5-6H2,(H,15,16). The maximum absolute atomic E-state index is 10.5. The van der Waals surface area contributed by atoms with Crippen LogP contribution in [0, 0.1) is 17.2 Å². The Morgan fingerprint density at radius 2 is 2.44 bits per heavy atom. The summed E-state index contributed by atoms with van der Waals surface area (Å²) in [6, 6.07) is 3.48. The first-order chi connectivity index (χ1) is 7.69. The molecule has 2 rings (SSSR count). The summed E-state index contributed by atoms with van der Waals surface area (Å²) < 4.78 is 0. The van der Waals surface area contributed by atoms with Crippen LogP contribution in [0.15, 0.2) is 12.3 Å². The minimum atomic E-state index is -0.781. The maximum Gasteiger partial charge on any atom is 0.303 e. The zero-order valence-electron chi connectivity index (χ0n) is 8.50. The Bertz CT molecular complexity index is 448. The predicted octanol–water partition coefficient (Wildman–Crippen LogP) is 0.259. The summed E-state index contributed by atoms with van der Waals surface area (Å²) in [7, 11) is 0. The number of aromatic nitrogens is 2. The third kappa shape index (κ3) is 2.08. The van der Waals surface area contributed by atoms with E-state index in [1.54, 1.807) is 0 Å². The number of nitrogens with zero attached hydrogens (tertiary/aromatic N) is 4. The van der Waals surface area contributed by atoms with E-state index in [4.69, 9.17) is 10.4 Å².